The number of nitrogens with zero attached hydrogens (tertiary/aromatic N) is 2. The SMILES string of the molecule is COc1cccc(CNC(=O)C(C)C2CCN(C(=O)c3sc(-c4ccc(F)cc4)nc3C)CC2)c1. The van der Waals surface area contributed by atoms with Crippen molar-refractivity contribution >= 4 is 23.2 Å². The zero-order valence-electron chi connectivity index (χ0n) is 20.2. The van der Waals surface area contributed by atoms with Crippen LogP contribution in [0.2, 0.25) is 0 Å². The third-order valence-corrected chi connectivity index (χ3v) is 7.82. The maximum Gasteiger partial charge on any atom is 0.265 e. The van der Waals surface area contributed by atoms with Gasteiger partial charge in [0.25, 0.3) is 5.91 Å². The molecule has 3 aromatic rings. The van der Waals surface area contributed by atoms with Gasteiger partial charge in [0.15, 0.2) is 0 Å². The minimum absolute atomic E-state index is 0.0260. The molecule has 184 valence electrons. The predicted molar refractivity (Wildman–Crippen MR) is 135 cm³/mol. The van der Waals surface area contributed by atoms with Gasteiger partial charge in [0, 0.05) is 31.1 Å². The highest BCUT2D eigenvalue weighted by molar-refractivity contribution is 7.17. The zero-order chi connectivity index (χ0) is 24.9. The summed E-state index contributed by atoms with van der Waals surface area (Å²) in [5.74, 6) is 0.559. The van der Waals surface area contributed by atoms with Crippen LogP contribution in [0.15, 0.2) is 48.5 Å². The lowest BCUT2D eigenvalue weighted by molar-refractivity contribution is -0.126. The van der Waals surface area contributed by atoms with Gasteiger partial charge in [-0.05, 0) is 67.6 Å². The lowest BCUT2D eigenvalue weighted by Gasteiger charge is -2.34. The van der Waals surface area contributed by atoms with E-state index in [1.807, 2.05) is 43.0 Å². The quantitative estimate of drug-likeness (QED) is 0.497. The van der Waals surface area contributed by atoms with Crippen LogP contribution in [0.1, 0.15) is 40.7 Å². The molecule has 0 spiro atoms. The highest BCUT2D eigenvalue weighted by Crippen LogP contribution is 2.31. The molecule has 1 aliphatic rings. The lowest BCUT2D eigenvalue weighted by Crippen LogP contribution is -2.42. The van der Waals surface area contributed by atoms with Crippen LogP contribution in [0.5, 0.6) is 5.75 Å². The van der Waals surface area contributed by atoms with Gasteiger partial charge in [0.2, 0.25) is 5.91 Å². The molecule has 0 radical (unpaired) electrons. The third-order valence-electron chi connectivity index (χ3n) is 6.63. The van der Waals surface area contributed by atoms with Crippen LogP contribution in [-0.4, -0.2) is 41.9 Å². The highest BCUT2D eigenvalue weighted by Gasteiger charge is 2.31. The molecule has 2 aromatic carbocycles. The van der Waals surface area contributed by atoms with Gasteiger partial charge in [-0.25, -0.2) is 9.37 Å². The smallest absolute Gasteiger partial charge is 0.265 e. The molecule has 0 aliphatic carbocycles. The number of aryl methyl sites for hydroxylation is 1. The second kappa shape index (κ2) is 11.0. The average Bonchev–Trinajstić information content (AvgIpc) is 3.28. The van der Waals surface area contributed by atoms with Crippen molar-refractivity contribution in [2.75, 3.05) is 20.2 Å². The van der Waals surface area contributed by atoms with Gasteiger partial charge < -0.3 is 15.0 Å². The Kier molecular flexibility index (Phi) is 7.80. The normalized spacial score (nSPS) is 15.0. The molecule has 1 aliphatic heterocycles. The van der Waals surface area contributed by atoms with Crippen molar-refractivity contribution in [3.63, 3.8) is 0 Å². The van der Waals surface area contributed by atoms with E-state index in [-0.39, 0.29) is 29.5 Å². The second-order valence-corrected chi connectivity index (χ2v) is 9.93. The third kappa shape index (κ3) is 5.88. The van der Waals surface area contributed by atoms with Crippen molar-refractivity contribution in [2.24, 2.45) is 11.8 Å². The van der Waals surface area contributed by atoms with Crippen molar-refractivity contribution in [3.8, 4) is 16.3 Å². The molecule has 1 atom stereocenters. The van der Waals surface area contributed by atoms with Crippen LogP contribution in [0.4, 0.5) is 4.39 Å². The molecule has 0 bridgehead atoms. The number of thiazole rings is 1. The molecule has 2 amide bonds. The number of aromatic nitrogens is 1. The van der Waals surface area contributed by atoms with Gasteiger partial charge in [-0.3, -0.25) is 9.59 Å². The van der Waals surface area contributed by atoms with Crippen LogP contribution >= 0.6 is 11.3 Å². The van der Waals surface area contributed by atoms with E-state index in [1.165, 1.54) is 23.5 Å². The number of likely N-dealkylation sites (tertiary alicyclic amines) is 1. The van der Waals surface area contributed by atoms with Crippen molar-refractivity contribution in [1.82, 2.24) is 15.2 Å². The van der Waals surface area contributed by atoms with E-state index in [1.54, 1.807) is 19.2 Å². The summed E-state index contributed by atoms with van der Waals surface area (Å²) in [5.41, 5.74) is 2.48. The molecule has 1 N–H and O–H groups in total. The fraction of sp³-hybridized carbons (Fsp3) is 0.370. The molecule has 1 saturated heterocycles. The van der Waals surface area contributed by atoms with Crippen LogP contribution < -0.4 is 10.1 Å². The lowest BCUT2D eigenvalue weighted by atomic mass is 9.84. The van der Waals surface area contributed by atoms with Gasteiger partial charge in [0.1, 0.15) is 21.5 Å². The Morgan fingerprint density at radius 2 is 1.91 bits per heavy atom. The Bertz CT molecular complexity index is 1190. The molecule has 8 heteroatoms. The number of carbonyl (C=O) groups is 2. The number of carbonyl (C=O) groups excluding carboxylic acids is 2. The van der Waals surface area contributed by atoms with E-state index >= 15 is 0 Å². The molecule has 2 heterocycles. The summed E-state index contributed by atoms with van der Waals surface area (Å²) < 4.78 is 18.5. The van der Waals surface area contributed by atoms with Gasteiger partial charge in [-0.2, -0.15) is 0 Å². The van der Waals surface area contributed by atoms with Crippen LogP contribution in [-0.2, 0) is 11.3 Å². The molecule has 35 heavy (non-hydrogen) atoms. The summed E-state index contributed by atoms with van der Waals surface area (Å²) in [6.45, 7) is 5.48. The molecule has 1 aromatic heterocycles. The number of halogens is 1. The van der Waals surface area contributed by atoms with Crippen LogP contribution in [0, 0.1) is 24.6 Å². The second-order valence-electron chi connectivity index (χ2n) is 8.93. The first-order valence-electron chi connectivity index (χ1n) is 11.8. The highest BCUT2D eigenvalue weighted by atomic mass is 32.1. The van der Waals surface area contributed by atoms with Gasteiger partial charge >= 0.3 is 0 Å². The minimum atomic E-state index is -0.301. The van der Waals surface area contributed by atoms with E-state index in [4.69, 9.17) is 4.74 Å². The zero-order valence-corrected chi connectivity index (χ0v) is 21.0. The Morgan fingerprint density at radius 3 is 2.60 bits per heavy atom. The van der Waals surface area contributed by atoms with Gasteiger partial charge in [-0.1, -0.05) is 19.1 Å². The topological polar surface area (TPSA) is 71.5 Å². The first kappa shape index (κ1) is 24.9. The summed E-state index contributed by atoms with van der Waals surface area (Å²) in [6, 6.07) is 13.8. The predicted octanol–water partition coefficient (Wildman–Crippen LogP) is 5.07. The van der Waals surface area contributed by atoms with E-state index in [9.17, 15) is 14.0 Å². The summed E-state index contributed by atoms with van der Waals surface area (Å²) in [4.78, 5) is 33.0. The first-order valence-corrected chi connectivity index (χ1v) is 12.6. The van der Waals surface area contributed by atoms with Gasteiger partial charge in [-0.15, -0.1) is 11.3 Å². The number of nitrogens with one attached hydrogen (secondary N) is 1. The Balaban J connectivity index is 1.31. The molecule has 4 rings (SSSR count). The maximum atomic E-state index is 13.2. The number of ether oxygens (including phenoxy) is 1. The van der Waals surface area contributed by atoms with E-state index < -0.39 is 0 Å². The van der Waals surface area contributed by atoms with Crippen molar-refractivity contribution in [1.29, 1.82) is 0 Å². The maximum absolute atomic E-state index is 13.2. The number of methoxy groups -OCH3 is 1. The van der Waals surface area contributed by atoms with Crippen molar-refractivity contribution in [3.05, 3.63) is 70.5 Å². The molecular formula is C27H30FN3O3S. The summed E-state index contributed by atoms with van der Waals surface area (Å²) in [5, 5.41) is 3.74. The molecule has 0 saturated carbocycles. The van der Waals surface area contributed by atoms with E-state index in [0.717, 1.165) is 29.7 Å². The number of amides is 2. The Morgan fingerprint density at radius 1 is 1.20 bits per heavy atom. The fourth-order valence-electron chi connectivity index (χ4n) is 4.40. The van der Waals surface area contributed by atoms with E-state index in [0.29, 0.717) is 35.2 Å². The fourth-order valence-corrected chi connectivity index (χ4v) is 5.44. The van der Waals surface area contributed by atoms with Crippen LogP contribution in [0.25, 0.3) is 10.6 Å². The summed E-state index contributed by atoms with van der Waals surface area (Å²) in [7, 11) is 1.62. The molecule has 6 nitrogen and oxygen atoms in total. The summed E-state index contributed by atoms with van der Waals surface area (Å²) >= 11 is 1.34. The van der Waals surface area contributed by atoms with Gasteiger partial charge in [0.05, 0.1) is 12.8 Å². The standard InChI is InChI=1S/C27H30FN3O3S/c1-17(25(32)29-16-19-5-4-6-23(15-19)34-3)20-11-13-31(14-12-20)27(33)24-18(2)30-26(35-24)21-7-9-22(28)10-8-21/h4-10,15,17,20H,11-14,16H2,1-3H3,(H,29,32). The van der Waals surface area contributed by atoms with Crippen molar-refractivity contribution in [2.45, 2.75) is 33.2 Å². The number of benzene rings is 2. The number of hydrogen-bond acceptors (Lipinski definition) is 5. The molecular weight excluding hydrogens is 465 g/mol. The average molecular weight is 496 g/mol. The molecule has 1 unspecified atom stereocenters. The van der Waals surface area contributed by atoms with Crippen LogP contribution in [0.3, 0.4) is 0 Å². The monoisotopic (exact) mass is 495 g/mol. The molecule has 1 fully saturated rings. The number of hydrogen-bond donors (Lipinski definition) is 1. The van der Waals surface area contributed by atoms with Crippen molar-refractivity contribution < 1.29 is 18.7 Å². The summed E-state index contributed by atoms with van der Waals surface area (Å²) in [6.07, 6.45) is 1.56. The number of rotatable bonds is 7. The largest absolute Gasteiger partial charge is 0.497 e. The Hall–Kier alpha value is -3.26. The number of piperidine rings is 1. The Labute approximate surface area is 209 Å². The minimum Gasteiger partial charge on any atom is -0.497 e. The van der Waals surface area contributed by atoms with E-state index in [2.05, 4.69) is 10.3 Å². The first-order chi connectivity index (χ1) is 16.9.